The van der Waals surface area contributed by atoms with E-state index in [2.05, 4.69) is 61.7 Å². The van der Waals surface area contributed by atoms with Gasteiger partial charge in [0.15, 0.2) is 11.9 Å². The summed E-state index contributed by atoms with van der Waals surface area (Å²) in [4.78, 5) is 140. The molecule has 27 nitrogen and oxygen atoms in total. The van der Waals surface area contributed by atoms with Gasteiger partial charge in [0.05, 0.1) is 11.9 Å². The van der Waals surface area contributed by atoms with Crippen LogP contribution in [0.4, 0.5) is 5.82 Å². The molecule has 1 saturated heterocycles. The highest BCUT2D eigenvalue weighted by atomic mass is 16.2. The van der Waals surface area contributed by atoms with E-state index in [1.54, 1.807) is 13.3 Å². The van der Waals surface area contributed by atoms with E-state index in [0.29, 0.717) is 71.1 Å². The summed E-state index contributed by atoms with van der Waals surface area (Å²) in [5, 5.41) is 17.0. The zero-order valence-corrected chi connectivity index (χ0v) is 45.0. The first-order valence-electron chi connectivity index (χ1n) is 26.7. The minimum Gasteiger partial charge on any atom is -0.370 e. The van der Waals surface area contributed by atoms with Crippen LogP contribution in [0.25, 0.3) is 11.0 Å². The SMILES string of the molecule is CC[C@H](C)[C@H](NC(=O)CCC(=O)N[C@@H](CCCCNC(=O)[C@@H](CCCN=C(N)N)NC(=O)CCCCCCCC(=O)N1CCN(c2ncnc3[nH]ccc23)CC1)C(=O)N[C@H](CCCN=C(N)N)C(N)=O)C(=O)NCC(C)=O. The molecule has 17 N–H and O–H groups in total. The third kappa shape index (κ3) is 24.7. The van der Waals surface area contributed by atoms with Crippen LogP contribution in [0.3, 0.4) is 0 Å². The summed E-state index contributed by atoms with van der Waals surface area (Å²) < 4.78 is 0. The molecular weight excluding hydrogens is 997 g/mol. The lowest BCUT2D eigenvalue weighted by Gasteiger charge is -2.35. The summed E-state index contributed by atoms with van der Waals surface area (Å²) in [7, 11) is 0. The van der Waals surface area contributed by atoms with Gasteiger partial charge in [0.2, 0.25) is 47.3 Å². The number of Topliss-reactive ketones (excluding diaryl/α,β-unsaturated/α-hetero) is 1. The zero-order valence-electron chi connectivity index (χ0n) is 45.0. The van der Waals surface area contributed by atoms with Crippen molar-refractivity contribution in [3.8, 4) is 0 Å². The lowest BCUT2D eigenvalue weighted by Crippen LogP contribution is -2.53. The topological polar surface area (TPSA) is 429 Å². The first-order valence-corrected chi connectivity index (χ1v) is 26.7. The molecule has 0 radical (unpaired) electrons. The van der Waals surface area contributed by atoms with E-state index in [1.165, 1.54) is 6.92 Å². The number of nitrogens with zero attached hydrogens (tertiary/aromatic N) is 6. The fraction of sp³-hybridized carbons (Fsp3) is 0.660. The Morgan fingerprint density at radius 1 is 0.636 bits per heavy atom. The Kier molecular flexibility index (Phi) is 28.8. The minimum atomic E-state index is -1.18. The highest BCUT2D eigenvalue weighted by Crippen LogP contribution is 2.23. The molecule has 3 rings (SSSR count). The molecular formula is C50H84N18O9. The first kappa shape index (κ1) is 63.7. The molecule has 8 amide bonds. The van der Waals surface area contributed by atoms with Crippen LogP contribution in [-0.4, -0.2) is 161 Å². The number of nitrogens with two attached hydrogens (primary N) is 5. The molecule has 2 aromatic rings. The number of guanidine groups is 2. The maximum atomic E-state index is 13.6. The number of aromatic amines is 1. The average molecular weight is 1080 g/mol. The monoisotopic (exact) mass is 1080 g/mol. The standard InChI is InChI=1S/C50H84N18O9/c1-4-32(2)42(48(77)60-30-33(3)69)66-40(72)20-19-39(71)64-37(47(76)65-35(43(51)74)15-12-23-58-49(52)53)14-10-11-22-57-46(75)36(16-13-24-59-50(54)55)63-38(70)17-8-6-5-7-9-18-41(73)67-26-28-68(29-27-67)45-34-21-25-56-44(34)61-31-62-45/h21,25,31-32,35-37,42H,4-20,22-24,26-30H2,1-3H3,(H2,51,74)(H,57,75)(H,60,77)(H,63,70)(H,64,71)(H,65,76)(H,66,72)(H4,52,53,58)(H4,54,55,59)(H,56,61,62)/t32-,35+,36+,37-,42-/m0/s1. The van der Waals surface area contributed by atoms with Crippen molar-refractivity contribution in [2.75, 3.05) is 57.3 Å². The van der Waals surface area contributed by atoms with Gasteiger partial charge in [0.1, 0.15) is 47.7 Å². The van der Waals surface area contributed by atoms with Gasteiger partial charge in [-0.25, -0.2) is 9.97 Å². The number of carbonyl (C=O) groups is 9. The van der Waals surface area contributed by atoms with Crippen LogP contribution >= 0.6 is 0 Å². The van der Waals surface area contributed by atoms with E-state index in [0.717, 1.165) is 42.5 Å². The van der Waals surface area contributed by atoms with Gasteiger partial charge in [-0.05, 0) is 76.7 Å². The molecule has 0 aliphatic carbocycles. The second kappa shape index (κ2) is 34.9. The third-order valence-corrected chi connectivity index (χ3v) is 13.0. The first-order chi connectivity index (χ1) is 36.8. The van der Waals surface area contributed by atoms with Crippen LogP contribution in [0.15, 0.2) is 28.6 Å². The molecule has 5 atom stereocenters. The molecule has 1 aliphatic rings. The molecule has 77 heavy (non-hydrogen) atoms. The number of rotatable bonds is 37. The van der Waals surface area contributed by atoms with E-state index >= 15 is 0 Å². The van der Waals surface area contributed by atoms with Crippen molar-refractivity contribution in [1.82, 2.24) is 51.8 Å². The Bertz CT molecular complexity index is 2310. The minimum absolute atomic E-state index is 0.0570. The van der Waals surface area contributed by atoms with Crippen LogP contribution in [-0.2, 0) is 43.2 Å². The van der Waals surface area contributed by atoms with Crippen molar-refractivity contribution in [1.29, 1.82) is 0 Å². The molecule has 0 bridgehead atoms. The second-order valence-electron chi connectivity index (χ2n) is 19.3. The van der Waals surface area contributed by atoms with Crippen molar-refractivity contribution in [2.45, 2.75) is 154 Å². The van der Waals surface area contributed by atoms with Crippen molar-refractivity contribution < 1.29 is 43.2 Å². The van der Waals surface area contributed by atoms with Gasteiger partial charge < -0.3 is 75.4 Å². The van der Waals surface area contributed by atoms with Crippen molar-refractivity contribution in [3.63, 3.8) is 0 Å². The lowest BCUT2D eigenvalue weighted by molar-refractivity contribution is -0.133. The van der Waals surface area contributed by atoms with Gasteiger partial charge in [-0.3, -0.25) is 53.1 Å². The van der Waals surface area contributed by atoms with Gasteiger partial charge in [-0.2, -0.15) is 0 Å². The number of H-pyrrole nitrogens is 1. The molecule has 1 fully saturated rings. The normalized spacial score (nSPS) is 14.2. The van der Waals surface area contributed by atoms with E-state index in [1.807, 2.05) is 24.1 Å². The van der Waals surface area contributed by atoms with Crippen LogP contribution in [0.2, 0.25) is 0 Å². The maximum Gasteiger partial charge on any atom is 0.243 e. The predicted octanol–water partition coefficient (Wildman–Crippen LogP) is -1.31. The average Bonchev–Trinajstić information content (AvgIpc) is 3.89. The molecule has 1 aliphatic heterocycles. The van der Waals surface area contributed by atoms with Crippen molar-refractivity contribution >= 4 is 81.8 Å². The van der Waals surface area contributed by atoms with Crippen LogP contribution in [0.5, 0.6) is 0 Å². The molecule has 428 valence electrons. The number of piperazine rings is 1. The Balaban J connectivity index is 1.48. The van der Waals surface area contributed by atoms with E-state index < -0.39 is 59.6 Å². The number of hydrogen-bond donors (Lipinski definition) is 12. The Labute approximate surface area is 450 Å². The van der Waals surface area contributed by atoms with E-state index in [-0.39, 0.29) is 100 Å². The van der Waals surface area contributed by atoms with E-state index in [9.17, 15) is 43.2 Å². The van der Waals surface area contributed by atoms with Gasteiger partial charge in [-0.15, -0.1) is 0 Å². The highest BCUT2D eigenvalue weighted by molar-refractivity contribution is 5.94. The molecule has 0 unspecified atom stereocenters. The molecule has 3 heterocycles. The number of carbonyl (C=O) groups excluding carboxylic acids is 9. The maximum absolute atomic E-state index is 13.6. The second-order valence-corrected chi connectivity index (χ2v) is 19.3. The number of primary amides is 1. The number of aromatic nitrogens is 3. The quantitative estimate of drug-likeness (QED) is 0.0212. The fourth-order valence-corrected chi connectivity index (χ4v) is 8.47. The number of hydrogen-bond acceptors (Lipinski definition) is 14. The van der Waals surface area contributed by atoms with Crippen molar-refractivity contribution in [3.05, 3.63) is 18.6 Å². The third-order valence-electron chi connectivity index (χ3n) is 13.0. The van der Waals surface area contributed by atoms with Gasteiger partial charge in [0, 0.05) is 77.7 Å². The van der Waals surface area contributed by atoms with Crippen LogP contribution in [0.1, 0.15) is 130 Å². The summed E-state index contributed by atoms with van der Waals surface area (Å²) in [5.41, 5.74) is 28.1. The Morgan fingerprint density at radius 2 is 1.21 bits per heavy atom. The smallest absolute Gasteiger partial charge is 0.243 e. The van der Waals surface area contributed by atoms with Crippen LogP contribution in [0, 0.1) is 5.92 Å². The Morgan fingerprint density at radius 3 is 1.82 bits per heavy atom. The number of fused-ring (bicyclic) bond motifs is 1. The molecule has 0 aromatic carbocycles. The highest BCUT2D eigenvalue weighted by Gasteiger charge is 2.29. The predicted molar refractivity (Wildman–Crippen MR) is 291 cm³/mol. The van der Waals surface area contributed by atoms with Crippen molar-refractivity contribution in [2.24, 2.45) is 44.6 Å². The molecule has 0 saturated carbocycles. The molecule has 27 heteroatoms. The number of nitrogens with one attached hydrogen (secondary N) is 7. The Hall–Kier alpha value is -7.61. The van der Waals surface area contributed by atoms with Gasteiger partial charge in [0.25, 0.3) is 0 Å². The molecule has 2 aromatic heterocycles. The number of aliphatic imine (C=N–C) groups is 2. The summed E-state index contributed by atoms with van der Waals surface area (Å²) in [5.74, 6) is -3.86. The van der Waals surface area contributed by atoms with E-state index in [4.69, 9.17) is 28.7 Å². The number of amides is 8. The lowest BCUT2D eigenvalue weighted by atomic mass is 9.98. The number of ketones is 1. The number of anilines is 1. The zero-order chi connectivity index (χ0) is 56.7. The summed E-state index contributed by atoms with van der Waals surface area (Å²) in [6.07, 6.45) is 9.43. The van der Waals surface area contributed by atoms with Gasteiger partial charge in [-0.1, -0.05) is 39.5 Å². The van der Waals surface area contributed by atoms with Crippen LogP contribution < -0.4 is 65.5 Å². The molecule has 0 spiro atoms. The fourth-order valence-electron chi connectivity index (χ4n) is 8.47. The largest absolute Gasteiger partial charge is 0.370 e. The number of unbranched alkanes of at least 4 members (excludes halogenated alkanes) is 5. The summed E-state index contributed by atoms with van der Waals surface area (Å²) in [6.45, 7) is 7.89. The summed E-state index contributed by atoms with van der Waals surface area (Å²) >= 11 is 0. The van der Waals surface area contributed by atoms with Gasteiger partial charge >= 0.3 is 0 Å². The summed E-state index contributed by atoms with van der Waals surface area (Å²) in [6, 6.07) is -2.19.